The first-order valence-electron chi connectivity index (χ1n) is 10.1. The Morgan fingerprint density at radius 1 is 1.08 bits per heavy atom. The Hall–Kier alpha value is -1.82. The zero-order valence-corrected chi connectivity index (χ0v) is 15.6. The van der Waals surface area contributed by atoms with Gasteiger partial charge in [-0.3, -0.25) is 9.59 Å². The van der Waals surface area contributed by atoms with Crippen LogP contribution in [0.1, 0.15) is 55.3 Å². The number of furan rings is 1. The van der Waals surface area contributed by atoms with Crippen LogP contribution in [0.15, 0.2) is 23.0 Å². The molecular formula is C20H31N3O3. The number of nitrogens with one attached hydrogen (secondary N) is 1. The molecule has 3 rings (SSSR count). The maximum Gasteiger partial charge on any atom is 0.257 e. The zero-order chi connectivity index (χ0) is 18.2. The zero-order valence-electron chi connectivity index (χ0n) is 15.6. The molecule has 0 spiro atoms. The Morgan fingerprint density at radius 2 is 1.81 bits per heavy atom. The molecule has 1 aromatic rings. The Morgan fingerprint density at radius 3 is 2.46 bits per heavy atom. The molecule has 6 heteroatoms. The molecule has 1 aromatic heterocycles. The molecule has 2 fully saturated rings. The van der Waals surface area contributed by atoms with Crippen molar-refractivity contribution in [2.45, 2.75) is 44.9 Å². The van der Waals surface area contributed by atoms with E-state index in [0.717, 1.165) is 32.4 Å². The highest BCUT2D eigenvalue weighted by Crippen LogP contribution is 2.19. The lowest BCUT2D eigenvalue weighted by molar-refractivity contribution is -0.126. The number of hydrogen-bond donors (Lipinski definition) is 1. The summed E-state index contributed by atoms with van der Waals surface area (Å²) in [5, 5.41) is 3.10. The summed E-state index contributed by atoms with van der Waals surface area (Å²) in [7, 11) is 0. The van der Waals surface area contributed by atoms with Gasteiger partial charge in [0.2, 0.25) is 5.91 Å². The topological polar surface area (TPSA) is 65.8 Å². The van der Waals surface area contributed by atoms with Crippen molar-refractivity contribution in [1.29, 1.82) is 0 Å². The molecule has 1 N–H and O–H groups in total. The van der Waals surface area contributed by atoms with Gasteiger partial charge >= 0.3 is 0 Å². The van der Waals surface area contributed by atoms with Crippen molar-refractivity contribution in [2.24, 2.45) is 5.92 Å². The minimum absolute atomic E-state index is 0.00458. The number of nitrogens with zero attached hydrogens (tertiary/aromatic N) is 2. The van der Waals surface area contributed by atoms with E-state index in [4.69, 9.17) is 4.42 Å². The quantitative estimate of drug-likeness (QED) is 0.791. The fourth-order valence-corrected chi connectivity index (χ4v) is 3.93. The molecular weight excluding hydrogens is 330 g/mol. The van der Waals surface area contributed by atoms with E-state index >= 15 is 0 Å². The minimum Gasteiger partial charge on any atom is -0.472 e. The Kier molecular flexibility index (Phi) is 7.12. The second-order valence-electron chi connectivity index (χ2n) is 7.48. The number of likely N-dealkylation sites (tertiary alicyclic amines) is 2. The van der Waals surface area contributed by atoms with Gasteiger partial charge in [-0.15, -0.1) is 0 Å². The summed E-state index contributed by atoms with van der Waals surface area (Å²) in [5.41, 5.74) is 0.585. The molecule has 2 aliphatic rings. The van der Waals surface area contributed by atoms with Crippen LogP contribution >= 0.6 is 0 Å². The highest BCUT2D eigenvalue weighted by atomic mass is 16.3. The van der Waals surface area contributed by atoms with E-state index in [2.05, 4.69) is 10.2 Å². The number of rotatable bonds is 6. The second-order valence-corrected chi connectivity index (χ2v) is 7.48. The normalized spacial score (nSPS) is 19.9. The number of carbonyl (C=O) groups excluding carboxylic acids is 2. The third kappa shape index (κ3) is 5.34. The van der Waals surface area contributed by atoms with Crippen LogP contribution in [0.25, 0.3) is 0 Å². The van der Waals surface area contributed by atoms with E-state index in [1.54, 1.807) is 6.07 Å². The van der Waals surface area contributed by atoms with Crippen LogP contribution in [0, 0.1) is 5.92 Å². The fraction of sp³-hybridized carbons (Fsp3) is 0.700. The molecule has 0 bridgehead atoms. The molecule has 0 saturated carbocycles. The van der Waals surface area contributed by atoms with E-state index < -0.39 is 0 Å². The first kappa shape index (κ1) is 19.0. The number of carbonyl (C=O) groups is 2. The maximum absolute atomic E-state index is 12.4. The summed E-state index contributed by atoms with van der Waals surface area (Å²) in [5.74, 6) is 0.174. The molecule has 2 saturated heterocycles. The van der Waals surface area contributed by atoms with E-state index in [0.29, 0.717) is 18.7 Å². The van der Waals surface area contributed by atoms with Crippen molar-refractivity contribution in [3.8, 4) is 0 Å². The number of hydrogen-bond acceptors (Lipinski definition) is 4. The predicted molar refractivity (Wildman–Crippen MR) is 99.9 cm³/mol. The van der Waals surface area contributed by atoms with Gasteiger partial charge in [0.25, 0.3) is 5.91 Å². The van der Waals surface area contributed by atoms with E-state index in [1.165, 1.54) is 51.3 Å². The van der Waals surface area contributed by atoms with Crippen LogP contribution in [0.2, 0.25) is 0 Å². The van der Waals surface area contributed by atoms with Gasteiger partial charge in [-0.05, 0) is 57.8 Å². The van der Waals surface area contributed by atoms with Crippen molar-refractivity contribution in [3.63, 3.8) is 0 Å². The largest absolute Gasteiger partial charge is 0.472 e. The molecule has 0 aromatic carbocycles. The molecule has 0 unspecified atom stereocenters. The van der Waals surface area contributed by atoms with Gasteiger partial charge in [0.1, 0.15) is 6.26 Å². The summed E-state index contributed by atoms with van der Waals surface area (Å²) >= 11 is 0. The highest BCUT2D eigenvalue weighted by Gasteiger charge is 2.27. The van der Waals surface area contributed by atoms with Gasteiger partial charge in [-0.2, -0.15) is 0 Å². The van der Waals surface area contributed by atoms with Crippen LogP contribution in [0.4, 0.5) is 0 Å². The molecule has 2 amide bonds. The first-order chi connectivity index (χ1) is 12.7. The van der Waals surface area contributed by atoms with Crippen molar-refractivity contribution in [3.05, 3.63) is 24.2 Å². The van der Waals surface area contributed by atoms with Crippen LogP contribution in [-0.2, 0) is 4.79 Å². The molecule has 6 nitrogen and oxygen atoms in total. The Labute approximate surface area is 155 Å². The summed E-state index contributed by atoms with van der Waals surface area (Å²) < 4.78 is 4.98. The van der Waals surface area contributed by atoms with Gasteiger partial charge in [-0.25, -0.2) is 0 Å². The fourth-order valence-electron chi connectivity index (χ4n) is 3.93. The molecule has 0 atom stereocenters. The third-order valence-electron chi connectivity index (χ3n) is 5.57. The Bertz CT molecular complexity index is 557. The third-order valence-corrected chi connectivity index (χ3v) is 5.57. The predicted octanol–water partition coefficient (Wildman–Crippen LogP) is 2.51. The molecule has 2 aliphatic heterocycles. The summed E-state index contributed by atoms with van der Waals surface area (Å²) in [4.78, 5) is 29.0. The van der Waals surface area contributed by atoms with Gasteiger partial charge < -0.3 is 19.5 Å². The summed E-state index contributed by atoms with van der Waals surface area (Å²) in [6.45, 7) is 5.52. The van der Waals surface area contributed by atoms with Crippen molar-refractivity contribution in [2.75, 3.05) is 39.3 Å². The van der Waals surface area contributed by atoms with E-state index in [-0.39, 0.29) is 17.7 Å². The summed E-state index contributed by atoms with van der Waals surface area (Å²) in [6, 6.07) is 1.69. The standard InChI is InChI=1S/C20H31N3O3/c24-19(21-9-5-12-22-10-3-1-2-4-11-22)17-6-13-23(14-7-17)20(25)18-8-15-26-16-18/h8,15-17H,1-7,9-14H2,(H,21,24). The number of amides is 2. The van der Waals surface area contributed by atoms with E-state index in [9.17, 15) is 9.59 Å². The molecule has 3 heterocycles. The monoisotopic (exact) mass is 361 g/mol. The van der Waals surface area contributed by atoms with Gasteiger partial charge in [0, 0.05) is 25.6 Å². The second kappa shape index (κ2) is 9.76. The molecule has 0 aliphatic carbocycles. The smallest absolute Gasteiger partial charge is 0.257 e. The van der Waals surface area contributed by atoms with Crippen molar-refractivity contribution < 1.29 is 14.0 Å². The minimum atomic E-state index is -0.00458. The number of piperidine rings is 1. The molecule has 144 valence electrons. The van der Waals surface area contributed by atoms with E-state index in [1.807, 2.05) is 4.90 Å². The van der Waals surface area contributed by atoms with Gasteiger partial charge in [0.15, 0.2) is 0 Å². The van der Waals surface area contributed by atoms with Crippen LogP contribution in [0.3, 0.4) is 0 Å². The Balaban J connectivity index is 1.31. The van der Waals surface area contributed by atoms with Crippen LogP contribution in [-0.4, -0.2) is 60.9 Å². The average molecular weight is 361 g/mol. The molecule has 0 radical (unpaired) electrons. The lowest BCUT2D eigenvalue weighted by Gasteiger charge is -2.31. The van der Waals surface area contributed by atoms with Crippen LogP contribution in [0.5, 0.6) is 0 Å². The first-order valence-corrected chi connectivity index (χ1v) is 10.1. The van der Waals surface area contributed by atoms with Gasteiger partial charge in [-0.1, -0.05) is 12.8 Å². The lowest BCUT2D eigenvalue weighted by Crippen LogP contribution is -2.43. The maximum atomic E-state index is 12.4. The van der Waals surface area contributed by atoms with Crippen molar-refractivity contribution >= 4 is 11.8 Å². The van der Waals surface area contributed by atoms with Crippen LogP contribution < -0.4 is 5.32 Å². The highest BCUT2D eigenvalue weighted by molar-refractivity contribution is 5.94. The van der Waals surface area contributed by atoms with Gasteiger partial charge in [0.05, 0.1) is 11.8 Å². The molecule has 26 heavy (non-hydrogen) atoms. The van der Waals surface area contributed by atoms with Crippen molar-refractivity contribution in [1.82, 2.24) is 15.1 Å². The summed E-state index contributed by atoms with van der Waals surface area (Å²) in [6.07, 6.45) is 10.8. The SMILES string of the molecule is O=C(NCCCN1CCCCCC1)C1CCN(C(=O)c2ccoc2)CC1. The lowest BCUT2D eigenvalue weighted by atomic mass is 9.95. The average Bonchev–Trinajstić information content (AvgIpc) is 3.09.